The van der Waals surface area contributed by atoms with Crippen LogP contribution >= 0.6 is 0 Å². The largest absolute Gasteiger partial charge is 0.496 e. The first-order chi connectivity index (χ1) is 6.74. The van der Waals surface area contributed by atoms with Crippen LogP contribution in [-0.2, 0) is 0 Å². The van der Waals surface area contributed by atoms with Crippen LogP contribution in [0, 0.1) is 0 Å². The summed E-state index contributed by atoms with van der Waals surface area (Å²) in [4.78, 5) is 3.18. The molecule has 0 spiro atoms. The molecule has 74 valence electrons. The van der Waals surface area contributed by atoms with Crippen LogP contribution < -0.4 is 4.74 Å². The Bertz CT molecular complexity index is 443. The van der Waals surface area contributed by atoms with Gasteiger partial charge in [0, 0.05) is 17.1 Å². The summed E-state index contributed by atoms with van der Waals surface area (Å²) in [6.45, 7) is 4.35. The summed E-state index contributed by atoms with van der Waals surface area (Å²) in [6.07, 6.45) is 1.94. The number of aromatic nitrogens is 1. The van der Waals surface area contributed by atoms with E-state index in [0.29, 0.717) is 5.92 Å². The van der Waals surface area contributed by atoms with Crippen molar-refractivity contribution < 1.29 is 4.74 Å². The van der Waals surface area contributed by atoms with Crippen molar-refractivity contribution >= 4 is 10.9 Å². The minimum absolute atomic E-state index is 0.490. The van der Waals surface area contributed by atoms with Crippen molar-refractivity contribution in [1.29, 1.82) is 0 Å². The fourth-order valence-electron chi connectivity index (χ4n) is 1.80. The van der Waals surface area contributed by atoms with E-state index in [2.05, 4.69) is 37.0 Å². The van der Waals surface area contributed by atoms with Gasteiger partial charge in [0.25, 0.3) is 0 Å². The number of hydrogen-bond acceptors (Lipinski definition) is 1. The van der Waals surface area contributed by atoms with Gasteiger partial charge in [0.2, 0.25) is 0 Å². The Morgan fingerprint density at radius 3 is 2.64 bits per heavy atom. The number of nitrogens with one attached hydrogen (secondary N) is 1. The smallest absolute Gasteiger partial charge is 0.131 e. The summed E-state index contributed by atoms with van der Waals surface area (Å²) in [5, 5.41) is 1.17. The third kappa shape index (κ3) is 1.27. The molecule has 1 aromatic carbocycles. The van der Waals surface area contributed by atoms with Crippen molar-refractivity contribution in [3.63, 3.8) is 0 Å². The summed E-state index contributed by atoms with van der Waals surface area (Å²) in [5.74, 6) is 1.49. The Hall–Kier alpha value is -1.44. The van der Waals surface area contributed by atoms with E-state index < -0.39 is 0 Å². The zero-order chi connectivity index (χ0) is 10.1. The molecule has 0 radical (unpaired) electrons. The molecule has 0 bridgehead atoms. The van der Waals surface area contributed by atoms with Crippen molar-refractivity contribution in [2.45, 2.75) is 19.8 Å². The molecule has 0 aliphatic carbocycles. The summed E-state index contributed by atoms with van der Waals surface area (Å²) in [5.41, 5.74) is 2.39. The predicted octanol–water partition coefficient (Wildman–Crippen LogP) is 3.30. The predicted molar refractivity (Wildman–Crippen MR) is 58.9 cm³/mol. The highest BCUT2D eigenvalue weighted by Gasteiger charge is 2.10. The van der Waals surface area contributed by atoms with Gasteiger partial charge in [-0.3, -0.25) is 0 Å². The van der Waals surface area contributed by atoms with Crippen molar-refractivity contribution in [3.05, 3.63) is 30.0 Å². The molecule has 2 nitrogen and oxygen atoms in total. The van der Waals surface area contributed by atoms with Crippen LogP contribution in [0.2, 0.25) is 0 Å². The van der Waals surface area contributed by atoms with Gasteiger partial charge in [0.1, 0.15) is 5.75 Å². The van der Waals surface area contributed by atoms with Crippen molar-refractivity contribution in [2.24, 2.45) is 0 Å². The van der Waals surface area contributed by atoms with E-state index in [1.807, 2.05) is 6.20 Å². The highest BCUT2D eigenvalue weighted by atomic mass is 16.5. The maximum Gasteiger partial charge on any atom is 0.131 e. The fourth-order valence-corrected chi connectivity index (χ4v) is 1.80. The average molecular weight is 189 g/mol. The molecule has 2 rings (SSSR count). The lowest BCUT2D eigenvalue weighted by molar-refractivity contribution is 0.413. The first kappa shape index (κ1) is 9.13. The van der Waals surface area contributed by atoms with E-state index in [1.165, 1.54) is 10.9 Å². The molecule has 0 aliphatic heterocycles. The second-order valence-electron chi connectivity index (χ2n) is 3.78. The van der Waals surface area contributed by atoms with Crippen LogP contribution in [0.25, 0.3) is 10.9 Å². The number of rotatable bonds is 2. The first-order valence-electron chi connectivity index (χ1n) is 4.88. The molecular formula is C12H15NO. The summed E-state index contributed by atoms with van der Waals surface area (Å²) in [7, 11) is 1.73. The highest BCUT2D eigenvalue weighted by molar-refractivity contribution is 5.87. The summed E-state index contributed by atoms with van der Waals surface area (Å²) in [6, 6.07) is 6.29. The van der Waals surface area contributed by atoms with Crippen LogP contribution in [-0.4, -0.2) is 12.1 Å². The van der Waals surface area contributed by atoms with Gasteiger partial charge in [-0.05, 0) is 23.6 Å². The third-order valence-electron chi connectivity index (χ3n) is 2.54. The quantitative estimate of drug-likeness (QED) is 0.770. The highest BCUT2D eigenvalue weighted by Crippen LogP contribution is 2.33. The molecule has 2 aromatic rings. The minimum atomic E-state index is 0.490. The molecule has 0 saturated heterocycles. The van der Waals surface area contributed by atoms with Crippen LogP contribution in [0.3, 0.4) is 0 Å². The molecule has 1 aromatic heterocycles. The molecule has 14 heavy (non-hydrogen) atoms. The second-order valence-corrected chi connectivity index (χ2v) is 3.78. The van der Waals surface area contributed by atoms with E-state index in [1.54, 1.807) is 7.11 Å². The average Bonchev–Trinajstić information content (AvgIpc) is 2.63. The van der Waals surface area contributed by atoms with Gasteiger partial charge in [0.15, 0.2) is 0 Å². The van der Waals surface area contributed by atoms with E-state index >= 15 is 0 Å². The normalized spacial score (nSPS) is 11.1. The molecule has 0 unspecified atom stereocenters. The number of H-pyrrole nitrogens is 1. The Morgan fingerprint density at radius 1 is 1.21 bits per heavy atom. The monoisotopic (exact) mass is 189 g/mol. The topological polar surface area (TPSA) is 25.0 Å². The maximum absolute atomic E-state index is 5.46. The summed E-state index contributed by atoms with van der Waals surface area (Å²) < 4.78 is 5.46. The van der Waals surface area contributed by atoms with E-state index in [0.717, 1.165) is 11.3 Å². The van der Waals surface area contributed by atoms with Gasteiger partial charge in [0.05, 0.1) is 7.11 Å². The van der Waals surface area contributed by atoms with Gasteiger partial charge < -0.3 is 9.72 Å². The lowest BCUT2D eigenvalue weighted by Crippen LogP contribution is -1.94. The number of aromatic amines is 1. The van der Waals surface area contributed by atoms with Crippen LogP contribution in [0.1, 0.15) is 25.3 Å². The van der Waals surface area contributed by atoms with Gasteiger partial charge in [-0.15, -0.1) is 0 Å². The van der Waals surface area contributed by atoms with Crippen LogP contribution in [0.15, 0.2) is 24.4 Å². The SMILES string of the molecule is COc1c(C(C)C)ccc2[nH]ccc12. The van der Waals surface area contributed by atoms with Gasteiger partial charge in [-0.1, -0.05) is 19.9 Å². The van der Waals surface area contributed by atoms with E-state index in [-0.39, 0.29) is 0 Å². The Balaban J connectivity index is 2.72. The molecule has 0 aliphatic rings. The molecular weight excluding hydrogens is 174 g/mol. The van der Waals surface area contributed by atoms with Crippen molar-refractivity contribution in [2.75, 3.05) is 7.11 Å². The molecule has 0 saturated carbocycles. The molecule has 0 fully saturated rings. The van der Waals surface area contributed by atoms with E-state index in [9.17, 15) is 0 Å². The number of ether oxygens (including phenoxy) is 1. The molecule has 0 amide bonds. The fraction of sp³-hybridized carbons (Fsp3) is 0.333. The standard InChI is InChI=1S/C12H15NO/c1-8(2)9-4-5-11-10(6-7-13-11)12(9)14-3/h4-8,13H,1-3H3. The van der Waals surface area contributed by atoms with Gasteiger partial charge in [-0.2, -0.15) is 0 Å². The third-order valence-corrected chi connectivity index (χ3v) is 2.54. The number of benzene rings is 1. The van der Waals surface area contributed by atoms with Crippen molar-refractivity contribution in [3.8, 4) is 5.75 Å². The van der Waals surface area contributed by atoms with Gasteiger partial charge >= 0.3 is 0 Å². The molecule has 1 N–H and O–H groups in total. The zero-order valence-corrected chi connectivity index (χ0v) is 8.79. The first-order valence-corrected chi connectivity index (χ1v) is 4.88. The lowest BCUT2D eigenvalue weighted by atomic mass is 10.0. The van der Waals surface area contributed by atoms with Crippen molar-refractivity contribution in [1.82, 2.24) is 4.98 Å². The Morgan fingerprint density at radius 2 is 2.00 bits per heavy atom. The van der Waals surface area contributed by atoms with Crippen LogP contribution in [0.4, 0.5) is 0 Å². The number of fused-ring (bicyclic) bond motifs is 1. The van der Waals surface area contributed by atoms with E-state index in [4.69, 9.17) is 4.74 Å². The second kappa shape index (κ2) is 3.37. The Kier molecular flexibility index (Phi) is 2.20. The maximum atomic E-state index is 5.46. The molecule has 1 heterocycles. The molecule has 2 heteroatoms. The summed E-state index contributed by atoms with van der Waals surface area (Å²) >= 11 is 0. The number of methoxy groups -OCH3 is 1. The van der Waals surface area contributed by atoms with Crippen LogP contribution in [0.5, 0.6) is 5.75 Å². The number of hydrogen-bond donors (Lipinski definition) is 1. The Labute approximate surface area is 83.9 Å². The minimum Gasteiger partial charge on any atom is -0.496 e. The van der Waals surface area contributed by atoms with Gasteiger partial charge in [-0.25, -0.2) is 0 Å². The zero-order valence-electron chi connectivity index (χ0n) is 8.79. The molecule has 0 atom stereocenters. The lowest BCUT2D eigenvalue weighted by Gasteiger charge is -2.12.